The molecule has 0 aromatic heterocycles. The van der Waals surface area contributed by atoms with E-state index in [1.165, 1.54) is 12.8 Å². The molecule has 0 aromatic carbocycles. The highest BCUT2D eigenvalue weighted by Crippen LogP contribution is 2.38. The van der Waals surface area contributed by atoms with Gasteiger partial charge in [0.1, 0.15) is 13.2 Å². The topological polar surface area (TPSA) is 108 Å². The number of phosphoric ester groups is 1. The molecule has 1 amide bonds. The smallest absolute Gasteiger partial charge is 0.268 e. The highest BCUT2D eigenvalue weighted by Gasteiger charge is 2.22. The summed E-state index contributed by atoms with van der Waals surface area (Å²) in [6, 6.07) is -0.889. The molecule has 8 nitrogen and oxygen atoms in total. The Labute approximate surface area is 188 Å². The summed E-state index contributed by atoms with van der Waals surface area (Å²) in [7, 11) is 1.22. The fraction of sp³-hybridized carbons (Fsp3) is 0.773. The maximum Gasteiger partial charge on any atom is 0.268 e. The Morgan fingerprint density at radius 2 is 1.74 bits per heavy atom. The summed E-state index contributed by atoms with van der Waals surface area (Å²) >= 11 is 0. The first-order chi connectivity index (χ1) is 14.5. The van der Waals surface area contributed by atoms with Gasteiger partial charge in [-0.1, -0.05) is 51.0 Å². The third-order valence-corrected chi connectivity index (χ3v) is 5.35. The molecule has 0 bridgehead atoms. The molecule has 0 fully saturated rings. The number of hydrogen-bond donors (Lipinski definition) is 2. The van der Waals surface area contributed by atoms with E-state index in [1.54, 1.807) is 6.08 Å². The molecule has 0 aliphatic heterocycles. The Bertz CT molecular complexity index is 589. The maximum atomic E-state index is 12.0. The van der Waals surface area contributed by atoms with Crippen molar-refractivity contribution in [1.82, 2.24) is 5.32 Å². The van der Waals surface area contributed by atoms with Crippen molar-refractivity contribution < 1.29 is 32.9 Å². The number of allylic oxidation sites excluding steroid dienone is 3. The number of likely N-dealkylation sites (N-methyl/N-ethyl adjacent to an activating group) is 1. The second-order valence-corrected chi connectivity index (χ2v) is 10.0. The molecule has 3 unspecified atom stereocenters. The zero-order valence-corrected chi connectivity index (χ0v) is 20.8. The van der Waals surface area contributed by atoms with Crippen molar-refractivity contribution in [2.45, 2.75) is 70.9 Å². The number of carbonyl (C=O) groups excluding carboxylic acids is 1. The van der Waals surface area contributed by atoms with Gasteiger partial charge in [0, 0.05) is 6.42 Å². The van der Waals surface area contributed by atoms with Crippen molar-refractivity contribution in [3.63, 3.8) is 0 Å². The van der Waals surface area contributed by atoms with Crippen LogP contribution in [-0.2, 0) is 18.4 Å². The van der Waals surface area contributed by atoms with Gasteiger partial charge in [-0.05, 0) is 25.7 Å². The second kappa shape index (κ2) is 16.6. The molecule has 0 spiro atoms. The van der Waals surface area contributed by atoms with Crippen LogP contribution in [0.5, 0.6) is 0 Å². The number of aliphatic hydroxyl groups excluding tert-OH is 1. The number of rotatable bonds is 18. The lowest BCUT2D eigenvalue weighted by Gasteiger charge is -2.29. The number of unbranched alkanes of at least 4 members (excludes halogenated alkanes) is 3. The molecule has 0 saturated heterocycles. The highest BCUT2D eigenvalue weighted by molar-refractivity contribution is 7.45. The number of hydrogen-bond acceptors (Lipinski definition) is 6. The fourth-order valence-electron chi connectivity index (χ4n) is 2.49. The van der Waals surface area contributed by atoms with Crippen molar-refractivity contribution in [3.05, 3.63) is 24.3 Å². The first kappa shape index (κ1) is 30.0. The number of carbonyl (C=O) groups is 1. The molecule has 2 N–H and O–H groups in total. The lowest BCUT2D eigenvalue weighted by Crippen LogP contribution is -2.45. The molecule has 0 heterocycles. The number of nitrogens with one attached hydrogen (secondary N) is 1. The molecule has 0 saturated carbocycles. The molecular weight excluding hydrogens is 419 g/mol. The Morgan fingerprint density at radius 3 is 2.35 bits per heavy atom. The summed E-state index contributed by atoms with van der Waals surface area (Å²) in [5.41, 5.74) is 0. The number of quaternary nitrogens is 1. The second-order valence-electron chi connectivity index (χ2n) is 8.62. The Balaban J connectivity index is 4.71. The first-order valence-electron chi connectivity index (χ1n) is 11.2. The van der Waals surface area contributed by atoms with Crippen LogP contribution in [-0.4, -0.2) is 68.5 Å². The minimum atomic E-state index is -4.54. The number of aliphatic hydroxyl groups is 1. The van der Waals surface area contributed by atoms with Crippen LogP contribution in [0.2, 0.25) is 0 Å². The van der Waals surface area contributed by atoms with Gasteiger partial charge in [0.15, 0.2) is 0 Å². The predicted octanol–water partition coefficient (Wildman–Crippen LogP) is 2.92. The molecule has 182 valence electrons. The SMILES string of the molecule is CCCC/C=C/CC/C=C/C(O)C(COP(=O)([O-])OCC[N+](C)(C)C)NC(=O)CCC. The number of phosphoric acid groups is 1. The standard InChI is InChI=1S/C22H43N2O6P/c1-6-8-9-10-11-12-13-14-16-21(25)20(23-22(26)15-7-2)19-30-31(27,28)29-18-17-24(3,4)5/h10-11,14,16,20-21,25H,6-9,12-13,15,17-19H2,1-5H3,(H-,23,26,27,28)/b11-10+,16-14+. The lowest BCUT2D eigenvalue weighted by molar-refractivity contribution is -0.870. The molecular formula is C22H43N2O6P. The minimum Gasteiger partial charge on any atom is -0.756 e. The van der Waals surface area contributed by atoms with Crippen LogP contribution in [0.15, 0.2) is 24.3 Å². The molecule has 0 aliphatic carbocycles. The quantitative estimate of drug-likeness (QED) is 0.140. The monoisotopic (exact) mass is 462 g/mol. The van der Waals surface area contributed by atoms with Crippen LogP contribution in [0.25, 0.3) is 0 Å². The molecule has 3 atom stereocenters. The van der Waals surface area contributed by atoms with Crippen LogP contribution in [0.4, 0.5) is 0 Å². The van der Waals surface area contributed by atoms with E-state index in [1.807, 2.05) is 34.1 Å². The highest BCUT2D eigenvalue weighted by atomic mass is 31.2. The van der Waals surface area contributed by atoms with Gasteiger partial charge in [-0.25, -0.2) is 0 Å². The lowest BCUT2D eigenvalue weighted by atomic mass is 10.1. The third kappa shape index (κ3) is 18.3. The zero-order chi connectivity index (χ0) is 23.8. The van der Waals surface area contributed by atoms with Crippen molar-refractivity contribution in [1.29, 1.82) is 0 Å². The van der Waals surface area contributed by atoms with Gasteiger partial charge in [-0.15, -0.1) is 0 Å². The van der Waals surface area contributed by atoms with Crippen LogP contribution in [0.3, 0.4) is 0 Å². The molecule has 0 aliphatic rings. The van der Waals surface area contributed by atoms with Gasteiger partial charge >= 0.3 is 0 Å². The summed E-state index contributed by atoms with van der Waals surface area (Å²) in [6.07, 6.45) is 12.5. The molecule has 9 heteroatoms. The van der Waals surface area contributed by atoms with E-state index in [4.69, 9.17) is 9.05 Å². The van der Waals surface area contributed by atoms with E-state index in [9.17, 15) is 19.4 Å². The predicted molar refractivity (Wildman–Crippen MR) is 122 cm³/mol. The van der Waals surface area contributed by atoms with Crippen molar-refractivity contribution >= 4 is 13.7 Å². The molecule has 0 radical (unpaired) electrons. The third-order valence-electron chi connectivity index (χ3n) is 4.38. The van der Waals surface area contributed by atoms with Gasteiger partial charge in [0.25, 0.3) is 7.82 Å². The summed E-state index contributed by atoms with van der Waals surface area (Å²) in [5.74, 6) is -0.269. The van der Waals surface area contributed by atoms with Gasteiger partial charge in [-0.2, -0.15) is 0 Å². The van der Waals surface area contributed by atoms with E-state index in [-0.39, 0.29) is 18.9 Å². The van der Waals surface area contributed by atoms with E-state index in [0.717, 1.165) is 19.3 Å². The van der Waals surface area contributed by atoms with Crippen LogP contribution in [0.1, 0.15) is 58.8 Å². The molecule has 31 heavy (non-hydrogen) atoms. The van der Waals surface area contributed by atoms with Crippen LogP contribution in [0, 0.1) is 0 Å². The van der Waals surface area contributed by atoms with Crippen LogP contribution >= 0.6 is 7.82 Å². The van der Waals surface area contributed by atoms with Crippen molar-refractivity contribution in [2.24, 2.45) is 0 Å². The number of amides is 1. The minimum absolute atomic E-state index is 0.00856. The largest absolute Gasteiger partial charge is 0.756 e. The summed E-state index contributed by atoms with van der Waals surface area (Å²) < 4.78 is 22.4. The average molecular weight is 463 g/mol. The number of nitrogens with zero attached hydrogens (tertiary/aromatic N) is 1. The fourth-order valence-corrected chi connectivity index (χ4v) is 3.21. The van der Waals surface area contributed by atoms with Gasteiger partial charge in [0.05, 0.1) is 39.9 Å². The van der Waals surface area contributed by atoms with Crippen molar-refractivity contribution in [3.8, 4) is 0 Å². The van der Waals surface area contributed by atoms with Crippen LogP contribution < -0.4 is 10.2 Å². The van der Waals surface area contributed by atoms with E-state index in [0.29, 0.717) is 17.4 Å². The normalized spacial score (nSPS) is 16.5. The Kier molecular flexibility index (Phi) is 16.0. The van der Waals surface area contributed by atoms with E-state index in [2.05, 4.69) is 24.4 Å². The van der Waals surface area contributed by atoms with E-state index < -0.39 is 26.6 Å². The van der Waals surface area contributed by atoms with Gasteiger partial charge < -0.3 is 28.8 Å². The first-order valence-corrected chi connectivity index (χ1v) is 12.7. The molecule has 0 aromatic rings. The van der Waals surface area contributed by atoms with Gasteiger partial charge in [0.2, 0.25) is 5.91 Å². The maximum absolute atomic E-state index is 12.0. The van der Waals surface area contributed by atoms with E-state index >= 15 is 0 Å². The molecule has 0 rings (SSSR count). The Morgan fingerprint density at radius 1 is 1.10 bits per heavy atom. The average Bonchev–Trinajstić information content (AvgIpc) is 2.66. The summed E-state index contributed by atoms with van der Waals surface area (Å²) in [4.78, 5) is 24.0. The zero-order valence-electron chi connectivity index (χ0n) is 19.9. The Hall–Kier alpha value is -1.02. The summed E-state index contributed by atoms with van der Waals surface area (Å²) in [5, 5.41) is 13.1. The van der Waals surface area contributed by atoms with Gasteiger partial charge in [-0.3, -0.25) is 9.36 Å². The van der Waals surface area contributed by atoms with Crippen molar-refractivity contribution in [2.75, 3.05) is 40.9 Å². The summed E-state index contributed by atoms with van der Waals surface area (Å²) in [6.45, 7) is 4.10.